The molecule has 2 aliphatic carbocycles. The van der Waals surface area contributed by atoms with Crippen molar-refractivity contribution in [2.24, 2.45) is 5.41 Å². The molecular formula is C29H34Br2Zr. The second-order valence-electron chi connectivity index (χ2n) is 10.5. The van der Waals surface area contributed by atoms with Crippen LogP contribution in [0.4, 0.5) is 0 Å². The Balaban J connectivity index is 1.70. The summed E-state index contributed by atoms with van der Waals surface area (Å²) in [6.45, 7) is 7.46. The van der Waals surface area contributed by atoms with E-state index in [0.717, 1.165) is 10.0 Å². The van der Waals surface area contributed by atoms with E-state index in [1.807, 2.05) is 0 Å². The van der Waals surface area contributed by atoms with Crippen molar-refractivity contribution in [3.8, 4) is 11.1 Å². The van der Waals surface area contributed by atoms with E-state index in [9.17, 15) is 0 Å². The van der Waals surface area contributed by atoms with Gasteiger partial charge in [-0.25, -0.2) is 0 Å². The summed E-state index contributed by atoms with van der Waals surface area (Å²) in [7, 11) is 0. The van der Waals surface area contributed by atoms with Crippen molar-refractivity contribution >= 4 is 31.9 Å². The summed E-state index contributed by atoms with van der Waals surface area (Å²) in [5.41, 5.74) is 7.95. The van der Waals surface area contributed by atoms with E-state index >= 15 is 0 Å². The zero-order chi connectivity index (χ0) is 22.5. The van der Waals surface area contributed by atoms with Gasteiger partial charge >= 0.3 is 217 Å². The van der Waals surface area contributed by atoms with Gasteiger partial charge < -0.3 is 0 Å². The molecule has 168 valence electrons. The quantitative estimate of drug-likeness (QED) is 0.271. The molecule has 0 aromatic heterocycles. The monoisotopic (exact) mass is 630 g/mol. The Morgan fingerprint density at radius 3 is 2.09 bits per heavy atom. The van der Waals surface area contributed by atoms with Gasteiger partial charge in [0.25, 0.3) is 0 Å². The Hall–Kier alpha value is -0.237. The van der Waals surface area contributed by atoms with Crippen LogP contribution >= 0.6 is 31.9 Å². The number of halogens is 2. The minimum absolute atomic E-state index is 0.250. The summed E-state index contributed by atoms with van der Waals surface area (Å²) in [6, 6.07) is 14.0. The summed E-state index contributed by atoms with van der Waals surface area (Å²) in [5.74, 6) is 0.460. The van der Waals surface area contributed by atoms with E-state index in [1.165, 1.54) is 43.5 Å². The maximum absolute atomic E-state index is 3.82. The van der Waals surface area contributed by atoms with Crippen LogP contribution < -0.4 is 0 Å². The molecule has 0 saturated carbocycles. The zero-order valence-corrected chi connectivity index (χ0v) is 25.2. The Kier molecular flexibility index (Phi) is 6.67. The van der Waals surface area contributed by atoms with E-state index in [1.54, 1.807) is 25.0 Å². The molecule has 0 bridgehead atoms. The molecule has 1 saturated heterocycles. The summed E-state index contributed by atoms with van der Waals surface area (Å²) in [6.07, 6.45) is 12.4. The molecule has 1 heterocycles. The van der Waals surface area contributed by atoms with Crippen LogP contribution in [0.1, 0.15) is 63.5 Å². The van der Waals surface area contributed by atoms with E-state index < -0.39 is 20.3 Å². The van der Waals surface area contributed by atoms with Crippen molar-refractivity contribution in [2.75, 3.05) is 0 Å². The number of allylic oxidation sites excluding steroid dienone is 4. The van der Waals surface area contributed by atoms with Gasteiger partial charge in [-0.15, -0.1) is 0 Å². The average molecular weight is 634 g/mol. The molecule has 3 unspecified atom stereocenters. The number of benzene rings is 2. The fourth-order valence-corrected chi connectivity index (χ4v) is 25.3. The Bertz CT molecular complexity index is 1050. The van der Waals surface area contributed by atoms with Gasteiger partial charge in [0.2, 0.25) is 0 Å². The van der Waals surface area contributed by atoms with Crippen LogP contribution in [0.3, 0.4) is 0 Å². The van der Waals surface area contributed by atoms with Crippen molar-refractivity contribution in [1.29, 1.82) is 0 Å². The summed E-state index contributed by atoms with van der Waals surface area (Å²) < 4.78 is 8.21. The third-order valence-corrected chi connectivity index (χ3v) is 24.3. The van der Waals surface area contributed by atoms with Crippen LogP contribution in [0.15, 0.2) is 69.1 Å². The van der Waals surface area contributed by atoms with Crippen LogP contribution in [0.25, 0.3) is 11.1 Å². The molecule has 2 aromatic rings. The molecule has 3 atom stereocenters. The standard InChI is InChI=1S/C22H19Br2.C4H9.C3H6.Zr/c1-3-22(2,14-6-4-5-7-14)21-19-12-15(23)8-10-17(19)18-11-9-16(24)13-20(18)21;1-3-4-2;1-3-2;/h4-6,8-13,21H,2-3,7H2,1H3;1,3-4H2,2H3;3H,1H2,2H3;. The molecule has 3 heteroatoms. The first-order valence-corrected chi connectivity index (χ1v) is 20.6. The van der Waals surface area contributed by atoms with Crippen LogP contribution in [-0.2, 0) is 20.3 Å². The molecule has 1 fully saturated rings. The predicted molar refractivity (Wildman–Crippen MR) is 142 cm³/mol. The predicted octanol–water partition coefficient (Wildman–Crippen LogP) is 10.6. The SMILES string of the molecule is CCC[CH2][Zr]1([CH2]C(CC)(C2=CC=CC2)C2c3cc(Br)ccc3-c3ccc(Br)cc32)[CH2][CH]1C. The molecule has 1 aliphatic heterocycles. The summed E-state index contributed by atoms with van der Waals surface area (Å²) in [4.78, 5) is 0. The van der Waals surface area contributed by atoms with Gasteiger partial charge in [0.15, 0.2) is 0 Å². The van der Waals surface area contributed by atoms with Gasteiger partial charge in [-0.2, -0.15) is 0 Å². The maximum atomic E-state index is 3.82. The fourth-order valence-electron chi connectivity index (χ4n) is 6.96. The van der Waals surface area contributed by atoms with Gasteiger partial charge in [0.1, 0.15) is 0 Å². The van der Waals surface area contributed by atoms with Crippen molar-refractivity contribution in [2.45, 2.75) is 68.4 Å². The normalized spacial score (nSPS) is 25.4. The number of hydrogen-bond acceptors (Lipinski definition) is 0. The second-order valence-corrected chi connectivity index (χ2v) is 24.5. The van der Waals surface area contributed by atoms with Crippen molar-refractivity contribution < 1.29 is 20.3 Å². The average Bonchev–Trinajstić information content (AvgIpc) is 3.15. The second kappa shape index (κ2) is 9.09. The Morgan fingerprint density at radius 1 is 1.00 bits per heavy atom. The van der Waals surface area contributed by atoms with Crippen molar-refractivity contribution in [3.05, 3.63) is 80.3 Å². The van der Waals surface area contributed by atoms with Gasteiger partial charge in [-0.3, -0.25) is 0 Å². The van der Waals surface area contributed by atoms with Crippen molar-refractivity contribution in [3.63, 3.8) is 0 Å². The molecule has 0 nitrogen and oxygen atoms in total. The van der Waals surface area contributed by atoms with Crippen LogP contribution in [0.5, 0.6) is 0 Å². The van der Waals surface area contributed by atoms with E-state index in [-0.39, 0.29) is 5.41 Å². The molecule has 0 N–H and O–H groups in total. The first-order chi connectivity index (χ1) is 15.4. The van der Waals surface area contributed by atoms with Crippen molar-refractivity contribution in [1.82, 2.24) is 0 Å². The van der Waals surface area contributed by atoms with E-state index in [2.05, 4.69) is 107 Å². The van der Waals surface area contributed by atoms with Gasteiger partial charge in [-0.1, -0.05) is 0 Å². The first kappa shape index (κ1) is 23.5. The van der Waals surface area contributed by atoms with E-state index in [0.29, 0.717) is 5.92 Å². The minimum atomic E-state index is -2.12. The third kappa shape index (κ3) is 3.87. The van der Waals surface area contributed by atoms with E-state index in [4.69, 9.17) is 0 Å². The van der Waals surface area contributed by atoms with Gasteiger partial charge in [-0.05, 0) is 0 Å². The first-order valence-electron chi connectivity index (χ1n) is 12.4. The topological polar surface area (TPSA) is 0 Å². The third-order valence-electron chi connectivity index (χ3n) is 8.83. The Morgan fingerprint density at radius 2 is 1.62 bits per heavy atom. The van der Waals surface area contributed by atoms with Crippen LogP contribution in [0, 0.1) is 5.41 Å². The van der Waals surface area contributed by atoms with Gasteiger partial charge in [0, 0.05) is 0 Å². The molecule has 0 amide bonds. The molecular weight excluding hydrogens is 599 g/mol. The number of rotatable bonds is 8. The number of fused-ring (bicyclic) bond motifs is 3. The summed E-state index contributed by atoms with van der Waals surface area (Å²) in [5, 5.41) is 0. The zero-order valence-electron chi connectivity index (χ0n) is 19.6. The number of hydrogen-bond donors (Lipinski definition) is 0. The van der Waals surface area contributed by atoms with Crippen LogP contribution in [0.2, 0.25) is 16.0 Å². The molecule has 32 heavy (non-hydrogen) atoms. The molecule has 3 aliphatic rings. The molecule has 2 aromatic carbocycles. The molecule has 5 rings (SSSR count). The van der Waals surface area contributed by atoms with Crippen LogP contribution in [-0.4, -0.2) is 0 Å². The number of unbranched alkanes of at least 4 members (excludes halogenated alkanes) is 1. The molecule has 0 spiro atoms. The Labute approximate surface area is 215 Å². The van der Waals surface area contributed by atoms with Gasteiger partial charge in [0.05, 0.1) is 0 Å². The fraction of sp³-hybridized carbons (Fsp3) is 0.448. The summed E-state index contributed by atoms with van der Waals surface area (Å²) >= 11 is 5.51. The molecule has 0 radical (unpaired) electrons.